The van der Waals surface area contributed by atoms with Crippen molar-refractivity contribution < 1.29 is 32.6 Å². The summed E-state index contributed by atoms with van der Waals surface area (Å²) in [7, 11) is 0. The Hall–Kier alpha value is -3.10. The molecule has 0 saturated carbocycles. The SMILES string of the molecule is CC[C@H](NC(=O)c1cccc(-c2ccc(OC(F)(F)F)cc2)n1)C(=O)O. The number of halogens is 3. The molecule has 138 valence electrons. The molecule has 1 heterocycles. The van der Waals surface area contributed by atoms with Gasteiger partial charge in [-0.05, 0) is 42.8 Å². The van der Waals surface area contributed by atoms with E-state index in [1.165, 1.54) is 18.2 Å². The molecule has 0 fully saturated rings. The molecule has 6 nitrogen and oxygen atoms in total. The van der Waals surface area contributed by atoms with Gasteiger partial charge in [-0.1, -0.05) is 13.0 Å². The number of aromatic nitrogens is 1. The Bertz CT molecular complexity index is 791. The van der Waals surface area contributed by atoms with E-state index in [4.69, 9.17) is 5.11 Å². The van der Waals surface area contributed by atoms with Crippen molar-refractivity contribution in [3.8, 4) is 17.0 Å². The maximum atomic E-state index is 12.2. The van der Waals surface area contributed by atoms with E-state index < -0.39 is 24.3 Å². The second kappa shape index (κ2) is 7.85. The number of alkyl halides is 3. The average molecular weight is 368 g/mol. The molecule has 0 saturated heterocycles. The van der Waals surface area contributed by atoms with Crippen molar-refractivity contribution in [3.63, 3.8) is 0 Å². The molecule has 0 bridgehead atoms. The average Bonchev–Trinajstić information content (AvgIpc) is 2.58. The van der Waals surface area contributed by atoms with Gasteiger partial charge in [0.15, 0.2) is 0 Å². The van der Waals surface area contributed by atoms with E-state index in [0.29, 0.717) is 11.3 Å². The topological polar surface area (TPSA) is 88.5 Å². The summed E-state index contributed by atoms with van der Waals surface area (Å²) in [6.45, 7) is 1.62. The zero-order chi connectivity index (χ0) is 19.3. The van der Waals surface area contributed by atoms with Gasteiger partial charge in [0.05, 0.1) is 5.69 Å². The Morgan fingerprint density at radius 2 is 1.85 bits per heavy atom. The van der Waals surface area contributed by atoms with Gasteiger partial charge >= 0.3 is 12.3 Å². The van der Waals surface area contributed by atoms with E-state index in [2.05, 4.69) is 15.0 Å². The van der Waals surface area contributed by atoms with Gasteiger partial charge < -0.3 is 15.2 Å². The first kappa shape index (κ1) is 19.2. The fourth-order valence-corrected chi connectivity index (χ4v) is 2.12. The van der Waals surface area contributed by atoms with Crippen LogP contribution in [0.5, 0.6) is 5.75 Å². The second-order valence-electron chi connectivity index (χ2n) is 5.25. The lowest BCUT2D eigenvalue weighted by atomic mass is 10.1. The number of hydrogen-bond donors (Lipinski definition) is 2. The number of rotatable bonds is 6. The van der Waals surface area contributed by atoms with Crippen molar-refractivity contribution in [2.45, 2.75) is 25.7 Å². The van der Waals surface area contributed by atoms with Crippen molar-refractivity contribution in [1.82, 2.24) is 10.3 Å². The van der Waals surface area contributed by atoms with E-state index >= 15 is 0 Å². The lowest BCUT2D eigenvalue weighted by Gasteiger charge is -2.12. The molecule has 2 aromatic rings. The predicted molar refractivity (Wildman–Crippen MR) is 85.5 cm³/mol. The zero-order valence-corrected chi connectivity index (χ0v) is 13.6. The first-order valence-electron chi connectivity index (χ1n) is 7.56. The molecule has 2 N–H and O–H groups in total. The number of aliphatic carboxylic acids is 1. The summed E-state index contributed by atoms with van der Waals surface area (Å²) in [5, 5.41) is 11.3. The fourth-order valence-electron chi connectivity index (χ4n) is 2.12. The van der Waals surface area contributed by atoms with Crippen LogP contribution in [0.3, 0.4) is 0 Å². The molecular formula is C17H15F3N2O4. The quantitative estimate of drug-likeness (QED) is 0.817. The van der Waals surface area contributed by atoms with E-state index in [9.17, 15) is 22.8 Å². The highest BCUT2D eigenvalue weighted by molar-refractivity contribution is 5.95. The largest absolute Gasteiger partial charge is 0.573 e. The molecule has 0 unspecified atom stereocenters. The minimum atomic E-state index is -4.78. The van der Waals surface area contributed by atoms with Gasteiger partial charge in [0.25, 0.3) is 5.91 Å². The van der Waals surface area contributed by atoms with Crippen LogP contribution in [0.2, 0.25) is 0 Å². The summed E-state index contributed by atoms with van der Waals surface area (Å²) in [6.07, 6.45) is -4.57. The van der Waals surface area contributed by atoms with Crippen LogP contribution in [-0.2, 0) is 4.79 Å². The highest BCUT2D eigenvalue weighted by atomic mass is 19.4. The van der Waals surface area contributed by atoms with Gasteiger partial charge in [-0.2, -0.15) is 0 Å². The zero-order valence-electron chi connectivity index (χ0n) is 13.6. The number of carboxylic acid groups (broad SMARTS) is 1. The van der Waals surface area contributed by atoms with Gasteiger partial charge in [-0.3, -0.25) is 4.79 Å². The number of ether oxygens (including phenoxy) is 1. The van der Waals surface area contributed by atoms with Crippen LogP contribution < -0.4 is 10.1 Å². The summed E-state index contributed by atoms with van der Waals surface area (Å²) >= 11 is 0. The molecule has 0 aliphatic carbocycles. The van der Waals surface area contributed by atoms with Crippen LogP contribution >= 0.6 is 0 Å². The summed E-state index contributed by atoms with van der Waals surface area (Å²) in [5.74, 6) is -2.18. The minimum Gasteiger partial charge on any atom is -0.480 e. The monoisotopic (exact) mass is 368 g/mol. The maximum Gasteiger partial charge on any atom is 0.573 e. The number of nitrogens with zero attached hydrogens (tertiary/aromatic N) is 1. The van der Waals surface area contributed by atoms with E-state index in [1.54, 1.807) is 19.1 Å². The molecule has 0 spiro atoms. The summed E-state index contributed by atoms with van der Waals surface area (Å²) in [6, 6.07) is 8.50. The molecule has 26 heavy (non-hydrogen) atoms. The number of amides is 1. The van der Waals surface area contributed by atoms with Gasteiger partial charge in [0.2, 0.25) is 0 Å². The fraction of sp³-hybridized carbons (Fsp3) is 0.235. The molecule has 0 radical (unpaired) electrons. The first-order chi connectivity index (χ1) is 12.2. The van der Waals surface area contributed by atoms with Gasteiger partial charge in [0.1, 0.15) is 17.5 Å². The molecule has 2 rings (SSSR count). The molecule has 1 amide bonds. The molecule has 0 aliphatic heterocycles. The third kappa shape index (κ3) is 5.20. The van der Waals surface area contributed by atoms with E-state index in [1.807, 2.05) is 0 Å². The number of carboxylic acids is 1. The van der Waals surface area contributed by atoms with Crippen LogP contribution in [0.25, 0.3) is 11.3 Å². The Labute approximate surface area is 146 Å². The molecule has 1 atom stereocenters. The summed E-state index contributed by atoms with van der Waals surface area (Å²) in [4.78, 5) is 27.2. The third-order valence-corrected chi connectivity index (χ3v) is 3.38. The molecule has 0 aliphatic rings. The number of carbonyl (C=O) groups is 2. The molecule has 1 aromatic carbocycles. The smallest absolute Gasteiger partial charge is 0.480 e. The van der Waals surface area contributed by atoms with Crippen LogP contribution in [0, 0.1) is 0 Å². The molecule has 1 aromatic heterocycles. The van der Waals surface area contributed by atoms with Crippen molar-refractivity contribution in [3.05, 3.63) is 48.2 Å². The van der Waals surface area contributed by atoms with E-state index in [0.717, 1.165) is 12.1 Å². The predicted octanol–water partition coefficient (Wildman–Crippen LogP) is 3.24. The first-order valence-corrected chi connectivity index (χ1v) is 7.56. The highest BCUT2D eigenvalue weighted by Gasteiger charge is 2.31. The molecule has 9 heteroatoms. The van der Waals surface area contributed by atoms with Gasteiger partial charge in [-0.25, -0.2) is 9.78 Å². The summed E-state index contributed by atoms with van der Waals surface area (Å²) < 4.78 is 40.3. The lowest BCUT2D eigenvalue weighted by molar-refractivity contribution is -0.274. The van der Waals surface area contributed by atoms with E-state index in [-0.39, 0.29) is 17.9 Å². The van der Waals surface area contributed by atoms with Crippen LogP contribution in [0.4, 0.5) is 13.2 Å². The molecular weight excluding hydrogens is 353 g/mol. The van der Waals surface area contributed by atoms with Crippen LogP contribution in [0.1, 0.15) is 23.8 Å². The van der Waals surface area contributed by atoms with Gasteiger partial charge in [0, 0.05) is 5.56 Å². The minimum absolute atomic E-state index is 0.00202. The second-order valence-corrected chi connectivity index (χ2v) is 5.25. The number of benzene rings is 1. The van der Waals surface area contributed by atoms with Crippen LogP contribution in [0.15, 0.2) is 42.5 Å². The Morgan fingerprint density at radius 3 is 2.38 bits per heavy atom. The Morgan fingerprint density at radius 1 is 1.19 bits per heavy atom. The van der Waals surface area contributed by atoms with Crippen molar-refractivity contribution in [2.75, 3.05) is 0 Å². The standard InChI is InChI=1S/C17H15F3N2O4/c1-2-12(16(24)25)22-15(23)14-5-3-4-13(21-14)10-6-8-11(9-7-10)26-17(18,19)20/h3-9,12H,2H2,1H3,(H,22,23)(H,24,25)/t12-/m0/s1. The maximum absolute atomic E-state index is 12.2. The highest BCUT2D eigenvalue weighted by Crippen LogP contribution is 2.25. The lowest BCUT2D eigenvalue weighted by Crippen LogP contribution is -2.40. The van der Waals surface area contributed by atoms with Crippen molar-refractivity contribution in [1.29, 1.82) is 0 Å². The Balaban J connectivity index is 2.18. The van der Waals surface area contributed by atoms with Gasteiger partial charge in [-0.15, -0.1) is 13.2 Å². The summed E-state index contributed by atoms with van der Waals surface area (Å²) in [5.41, 5.74) is 0.817. The van der Waals surface area contributed by atoms with Crippen molar-refractivity contribution >= 4 is 11.9 Å². The van der Waals surface area contributed by atoms with Crippen molar-refractivity contribution in [2.24, 2.45) is 0 Å². The normalized spacial score (nSPS) is 12.3. The number of carbonyl (C=O) groups excluding carboxylic acids is 1. The number of pyridine rings is 1. The number of hydrogen-bond acceptors (Lipinski definition) is 4. The van der Waals surface area contributed by atoms with Crippen LogP contribution in [-0.4, -0.2) is 34.4 Å². The third-order valence-electron chi connectivity index (χ3n) is 3.38. The number of nitrogens with one attached hydrogen (secondary N) is 1. The Kier molecular flexibility index (Phi) is 5.81.